The minimum atomic E-state index is -0.295. The number of rotatable bonds is 9. The Bertz CT molecular complexity index is 352. The molecule has 0 aliphatic heterocycles. The molecule has 2 N–H and O–H groups in total. The molecule has 0 radical (unpaired) electrons. The van der Waals surface area contributed by atoms with Crippen molar-refractivity contribution in [1.82, 2.24) is 5.32 Å². The van der Waals surface area contributed by atoms with Crippen LogP contribution in [0.15, 0.2) is 30.3 Å². The van der Waals surface area contributed by atoms with Crippen molar-refractivity contribution in [3.05, 3.63) is 30.3 Å². The molecular weight excluding hydrogens is 242 g/mol. The van der Waals surface area contributed by atoms with Gasteiger partial charge < -0.3 is 15.2 Å². The fourth-order valence-corrected chi connectivity index (χ4v) is 1.65. The van der Waals surface area contributed by atoms with E-state index in [1.165, 1.54) is 0 Å². The van der Waals surface area contributed by atoms with Gasteiger partial charge in [-0.25, -0.2) is 0 Å². The highest BCUT2D eigenvalue weighted by molar-refractivity contribution is 5.75. The summed E-state index contributed by atoms with van der Waals surface area (Å²) in [6.45, 7) is 2.93. The highest BCUT2D eigenvalue weighted by Crippen LogP contribution is 2.08. The fraction of sp³-hybridized carbons (Fsp3) is 0.533. The number of ether oxygens (including phenoxy) is 1. The highest BCUT2D eigenvalue weighted by atomic mass is 16.5. The predicted octanol–water partition coefficient (Wildman–Crippen LogP) is 2.12. The molecule has 1 atom stereocenters. The SMILES string of the molecule is CC(O)CCCNC(=O)CCCOc1ccccc1. The van der Waals surface area contributed by atoms with Crippen LogP contribution in [0.25, 0.3) is 0 Å². The normalized spacial score (nSPS) is 11.9. The second-order valence-corrected chi connectivity index (χ2v) is 4.61. The number of benzene rings is 1. The Hall–Kier alpha value is -1.55. The summed E-state index contributed by atoms with van der Waals surface area (Å²) in [4.78, 5) is 11.5. The van der Waals surface area contributed by atoms with Gasteiger partial charge in [0.05, 0.1) is 12.7 Å². The number of hydrogen-bond donors (Lipinski definition) is 2. The molecule has 1 aromatic carbocycles. The summed E-state index contributed by atoms with van der Waals surface area (Å²) in [5.74, 6) is 0.877. The van der Waals surface area contributed by atoms with E-state index in [4.69, 9.17) is 9.84 Å². The van der Waals surface area contributed by atoms with Crippen LogP contribution in [0.1, 0.15) is 32.6 Å². The second-order valence-electron chi connectivity index (χ2n) is 4.61. The summed E-state index contributed by atoms with van der Waals surface area (Å²) in [6, 6.07) is 9.58. The van der Waals surface area contributed by atoms with Gasteiger partial charge >= 0.3 is 0 Å². The molecule has 4 heteroatoms. The van der Waals surface area contributed by atoms with Crippen LogP contribution in [-0.4, -0.2) is 30.3 Å². The lowest BCUT2D eigenvalue weighted by molar-refractivity contribution is -0.121. The average Bonchev–Trinajstić information content (AvgIpc) is 2.41. The Morgan fingerprint density at radius 3 is 2.74 bits per heavy atom. The molecule has 106 valence electrons. The van der Waals surface area contributed by atoms with Crippen LogP contribution in [0.4, 0.5) is 0 Å². The van der Waals surface area contributed by atoms with Crippen LogP contribution in [0.5, 0.6) is 5.75 Å². The van der Waals surface area contributed by atoms with Crippen LogP contribution < -0.4 is 10.1 Å². The van der Waals surface area contributed by atoms with Crippen LogP contribution in [0.3, 0.4) is 0 Å². The number of amides is 1. The number of carbonyl (C=O) groups is 1. The Morgan fingerprint density at radius 1 is 1.32 bits per heavy atom. The Morgan fingerprint density at radius 2 is 2.05 bits per heavy atom. The molecule has 0 spiro atoms. The zero-order chi connectivity index (χ0) is 13.9. The standard InChI is InChI=1S/C15H23NO3/c1-13(17)7-5-11-16-15(18)10-6-12-19-14-8-3-2-4-9-14/h2-4,8-9,13,17H,5-7,10-12H2,1H3,(H,16,18). The summed E-state index contributed by atoms with van der Waals surface area (Å²) in [6.07, 6.45) is 2.41. The summed E-state index contributed by atoms with van der Waals surface area (Å²) in [5, 5.41) is 11.9. The summed E-state index contributed by atoms with van der Waals surface area (Å²) in [5.41, 5.74) is 0. The number of aliphatic hydroxyl groups is 1. The van der Waals surface area contributed by atoms with E-state index in [0.717, 1.165) is 18.6 Å². The first-order valence-corrected chi connectivity index (χ1v) is 6.81. The molecule has 1 aromatic rings. The first-order chi connectivity index (χ1) is 9.18. The van der Waals surface area contributed by atoms with E-state index in [0.29, 0.717) is 26.0 Å². The molecule has 0 aliphatic carbocycles. The summed E-state index contributed by atoms with van der Waals surface area (Å²) >= 11 is 0. The molecule has 0 saturated carbocycles. The third kappa shape index (κ3) is 8.21. The van der Waals surface area contributed by atoms with E-state index in [2.05, 4.69) is 5.32 Å². The molecule has 0 bridgehead atoms. The third-order valence-electron chi connectivity index (χ3n) is 2.68. The van der Waals surface area contributed by atoms with Gasteiger partial charge in [-0.2, -0.15) is 0 Å². The van der Waals surface area contributed by atoms with Gasteiger partial charge in [-0.3, -0.25) is 4.79 Å². The van der Waals surface area contributed by atoms with Crippen molar-refractivity contribution in [3.63, 3.8) is 0 Å². The average molecular weight is 265 g/mol. The zero-order valence-corrected chi connectivity index (χ0v) is 11.5. The lowest BCUT2D eigenvalue weighted by Crippen LogP contribution is -2.25. The number of para-hydroxylation sites is 1. The second kappa shape index (κ2) is 9.39. The highest BCUT2D eigenvalue weighted by Gasteiger charge is 2.01. The minimum absolute atomic E-state index is 0.0438. The quantitative estimate of drug-likeness (QED) is 0.672. The van der Waals surface area contributed by atoms with E-state index in [-0.39, 0.29) is 12.0 Å². The number of carbonyl (C=O) groups excluding carboxylic acids is 1. The van der Waals surface area contributed by atoms with Crippen molar-refractivity contribution in [2.75, 3.05) is 13.2 Å². The number of aliphatic hydroxyl groups excluding tert-OH is 1. The fourth-order valence-electron chi connectivity index (χ4n) is 1.65. The van der Waals surface area contributed by atoms with Crippen LogP contribution in [0, 0.1) is 0 Å². The van der Waals surface area contributed by atoms with Gasteiger partial charge in [0.15, 0.2) is 0 Å². The topological polar surface area (TPSA) is 58.6 Å². The van der Waals surface area contributed by atoms with Gasteiger partial charge in [-0.1, -0.05) is 18.2 Å². The third-order valence-corrected chi connectivity index (χ3v) is 2.68. The predicted molar refractivity (Wildman–Crippen MR) is 75.1 cm³/mol. The molecule has 0 aliphatic rings. The van der Waals surface area contributed by atoms with Crippen molar-refractivity contribution < 1.29 is 14.6 Å². The molecular formula is C15H23NO3. The first-order valence-electron chi connectivity index (χ1n) is 6.81. The maximum Gasteiger partial charge on any atom is 0.220 e. The van der Waals surface area contributed by atoms with Crippen molar-refractivity contribution in [3.8, 4) is 5.75 Å². The van der Waals surface area contributed by atoms with Gasteiger partial charge in [-0.05, 0) is 38.3 Å². The molecule has 0 fully saturated rings. The van der Waals surface area contributed by atoms with Gasteiger partial charge in [-0.15, -0.1) is 0 Å². The van der Waals surface area contributed by atoms with Gasteiger partial charge in [0, 0.05) is 13.0 Å². The minimum Gasteiger partial charge on any atom is -0.494 e. The molecule has 4 nitrogen and oxygen atoms in total. The van der Waals surface area contributed by atoms with Crippen LogP contribution in [-0.2, 0) is 4.79 Å². The van der Waals surface area contributed by atoms with E-state index in [9.17, 15) is 4.79 Å². The molecule has 0 aromatic heterocycles. The van der Waals surface area contributed by atoms with E-state index in [1.807, 2.05) is 30.3 Å². The van der Waals surface area contributed by atoms with Gasteiger partial charge in [0.2, 0.25) is 5.91 Å². The summed E-state index contributed by atoms with van der Waals surface area (Å²) < 4.78 is 5.50. The smallest absolute Gasteiger partial charge is 0.220 e. The Balaban J connectivity index is 1.98. The van der Waals surface area contributed by atoms with E-state index in [1.54, 1.807) is 6.92 Å². The molecule has 1 amide bonds. The van der Waals surface area contributed by atoms with Crippen LogP contribution >= 0.6 is 0 Å². The van der Waals surface area contributed by atoms with Gasteiger partial charge in [0.25, 0.3) is 0 Å². The first kappa shape index (κ1) is 15.5. The maximum atomic E-state index is 11.5. The lowest BCUT2D eigenvalue weighted by atomic mass is 10.2. The Kier molecular flexibility index (Phi) is 7.66. The molecule has 0 saturated heterocycles. The van der Waals surface area contributed by atoms with Crippen LogP contribution in [0.2, 0.25) is 0 Å². The molecule has 1 unspecified atom stereocenters. The van der Waals surface area contributed by atoms with Gasteiger partial charge in [0.1, 0.15) is 5.75 Å². The Labute approximate surface area is 114 Å². The largest absolute Gasteiger partial charge is 0.494 e. The molecule has 19 heavy (non-hydrogen) atoms. The summed E-state index contributed by atoms with van der Waals surface area (Å²) in [7, 11) is 0. The molecule has 0 heterocycles. The number of nitrogens with one attached hydrogen (secondary N) is 1. The monoisotopic (exact) mass is 265 g/mol. The van der Waals surface area contributed by atoms with Crippen molar-refractivity contribution in [2.45, 2.75) is 38.7 Å². The van der Waals surface area contributed by atoms with Crippen molar-refractivity contribution in [2.24, 2.45) is 0 Å². The van der Waals surface area contributed by atoms with Crippen molar-refractivity contribution >= 4 is 5.91 Å². The van der Waals surface area contributed by atoms with Crippen molar-refractivity contribution in [1.29, 1.82) is 0 Å². The number of hydrogen-bond acceptors (Lipinski definition) is 3. The maximum absolute atomic E-state index is 11.5. The van der Waals surface area contributed by atoms with E-state index < -0.39 is 0 Å². The lowest BCUT2D eigenvalue weighted by Gasteiger charge is -2.07. The van der Waals surface area contributed by atoms with E-state index >= 15 is 0 Å². The molecule has 1 rings (SSSR count). The zero-order valence-electron chi connectivity index (χ0n) is 11.5.